The summed E-state index contributed by atoms with van der Waals surface area (Å²) in [6.07, 6.45) is -0.967. The van der Waals surface area contributed by atoms with Crippen LogP contribution >= 0.6 is 0 Å². The molecule has 1 aromatic rings. The number of imide groups is 1. The molecule has 0 aromatic heterocycles. The number of ether oxygens (including phenoxy) is 3. The number of nitrogens with zero attached hydrogens (tertiary/aromatic N) is 1. The minimum Gasteiger partial charge on any atom is -0.452 e. The van der Waals surface area contributed by atoms with Crippen molar-refractivity contribution in [1.82, 2.24) is 5.32 Å². The van der Waals surface area contributed by atoms with E-state index in [0.717, 1.165) is 6.07 Å². The molecule has 11 heteroatoms. The maximum Gasteiger partial charge on any atom is 0.413 e. The number of carbonyl (C=O) groups is 3. The molecular formula is C15H19N3O8. The van der Waals surface area contributed by atoms with E-state index in [2.05, 4.69) is 10.1 Å². The van der Waals surface area contributed by atoms with Crippen molar-refractivity contribution in [3.8, 4) is 0 Å². The number of esters is 1. The third-order valence-electron chi connectivity index (χ3n) is 2.91. The van der Waals surface area contributed by atoms with Crippen molar-refractivity contribution in [3.63, 3.8) is 0 Å². The Kier molecular flexibility index (Phi) is 8.50. The highest BCUT2D eigenvalue weighted by molar-refractivity contribution is 5.98. The quantitative estimate of drug-likeness (QED) is 0.282. The number of non-ortho nitro benzene ring substituents is 1. The number of carbonyl (C=O) groups excluding carboxylic acids is 3. The first-order valence-corrected chi connectivity index (χ1v) is 7.54. The van der Waals surface area contributed by atoms with E-state index in [1.807, 2.05) is 5.32 Å². The maximum atomic E-state index is 12.2. The van der Waals surface area contributed by atoms with Gasteiger partial charge in [-0.2, -0.15) is 0 Å². The van der Waals surface area contributed by atoms with E-state index in [1.54, 1.807) is 6.92 Å². The van der Waals surface area contributed by atoms with Gasteiger partial charge in [0.15, 0.2) is 6.61 Å². The first-order chi connectivity index (χ1) is 12.4. The van der Waals surface area contributed by atoms with Gasteiger partial charge in [0.05, 0.1) is 23.7 Å². The molecule has 11 nitrogen and oxygen atoms in total. The van der Waals surface area contributed by atoms with Crippen LogP contribution in [0.3, 0.4) is 0 Å². The minimum atomic E-state index is -0.967. The predicted molar refractivity (Wildman–Crippen MR) is 88.9 cm³/mol. The van der Waals surface area contributed by atoms with Gasteiger partial charge >= 0.3 is 12.1 Å². The Labute approximate surface area is 148 Å². The van der Waals surface area contributed by atoms with Crippen LogP contribution in [0.2, 0.25) is 0 Å². The first kappa shape index (κ1) is 20.8. The van der Waals surface area contributed by atoms with Crippen LogP contribution in [0.15, 0.2) is 18.2 Å². The topological polar surface area (TPSA) is 146 Å². The van der Waals surface area contributed by atoms with E-state index in [-0.39, 0.29) is 23.5 Å². The maximum absolute atomic E-state index is 12.2. The monoisotopic (exact) mass is 369 g/mol. The van der Waals surface area contributed by atoms with Gasteiger partial charge in [-0.05, 0) is 13.0 Å². The molecule has 0 spiro atoms. The summed E-state index contributed by atoms with van der Waals surface area (Å²) in [5.74, 6) is -1.86. The van der Waals surface area contributed by atoms with E-state index >= 15 is 0 Å². The van der Waals surface area contributed by atoms with Crippen LogP contribution in [-0.2, 0) is 19.0 Å². The molecule has 1 rings (SSSR count). The average Bonchev–Trinajstić information content (AvgIpc) is 2.60. The number of anilines is 1. The molecule has 0 atom stereocenters. The Morgan fingerprint density at radius 1 is 1.23 bits per heavy atom. The van der Waals surface area contributed by atoms with E-state index in [4.69, 9.17) is 9.47 Å². The number of nitro groups is 1. The van der Waals surface area contributed by atoms with Gasteiger partial charge in [0.2, 0.25) is 0 Å². The van der Waals surface area contributed by atoms with Crippen LogP contribution in [0.25, 0.3) is 0 Å². The molecule has 0 fully saturated rings. The lowest BCUT2D eigenvalue weighted by atomic mass is 10.1. The summed E-state index contributed by atoms with van der Waals surface area (Å²) in [6.45, 7) is 1.57. The second-order valence-electron chi connectivity index (χ2n) is 4.75. The standard InChI is InChI=1S/C15H19N3O8/c1-3-25-15(21)17-13(19)9-26-14(20)11-8-10(18(22)23)4-5-12(11)16-6-7-24-2/h4-5,8,16H,3,6-7,9H2,1-2H3,(H,17,19,21). The molecule has 2 N–H and O–H groups in total. The van der Waals surface area contributed by atoms with Gasteiger partial charge in [0.1, 0.15) is 0 Å². The predicted octanol–water partition coefficient (Wildman–Crippen LogP) is 1.08. The summed E-state index contributed by atoms with van der Waals surface area (Å²) in [6, 6.07) is 3.60. The largest absolute Gasteiger partial charge is 0.452 e. The van der Waals surface area contributed by atoms with E-state index in [0.29, 0.717) is 13.2 Å². The molecular weight excluding hydrogens is 350 g/mol. The lowest BCUT2D eigenvalue weighted by molar-refractivity contribution is -0.384. The summed E-state index contributed by atoms with van der Waals surface area (Å²) in [4.78, 5) is 45.0. The Hall–Kier alpha value is -3.21. The zero-order valence-electron chi connectivity index (χ0n) is 14.3. The molecule has 0 aliphatic rings. The zero-order valence-corrected chi connectivity index (χ0v) is 14.3. The number of nitro benzene ring substituents is 1. The van der Waals surface area contributed by atoms with Gasteiger partial charge in [-0.3, -0.25) is 20.2 Å². The normalized spacial score (nSPS) is 9.92. The van der Waals surface area contributed by atoms with E-state index in [9.17, 15) is 24.5 Å². The van der Waals surface area contributed by atoms with Crippen LogP contribution in [0.5, 0.6) is 0 Å². The van der Waals surface area contributed by atoms with Crippen molar-refractivity contribution in [2.75, 3.05) is 38.8 Å². The van der Waals surface area contributed by atoms with Crippen molar-refractivity contribution in [2.45, 2.75) is 6.92 Å². The summed E-state index contributed by atoms with van der Waals surface area (Å²) in [5.41, 5.74) is -0.159. The van der Waals surface area contributed by atoms with Gasteiger partial charge in [0, 0.05) is 31.5 Å². The Balaban J connectivity index is 2.80. The average molecular weight is 369 g/mol. The van der Waals surface area contributed by atoms with Crippen molar-refractivity contribution in [2.24, 2.45) is 0 Å². The summed E-state index contributed by atoms with van der Waals surface area (Å²) >= 11 is 0. The fourth-order valence-electron chi connectivity index (χ4n) is 1.78. The molecule has 0 aliphatic carbocycles. The third-order valence-corrected chi connectivity index (χ3v) is 2.91. The Morgan fingerprint density at radius 2 is 1.96 bits per heavy atom. The SMILES string of the molecule is CCOC(=O)NC(=O)COC(=O)c1cc([N+](=O)[O-])ccc1NCCOC. The highest BCUT2D eigenvalue weighted by Crippen LogP contribution is 2.23. The molecule has 26 heavy (non-hydrogen) atoms. The van der Waals surface area contributed by atoms with E-state index in [1.165, 1.54) is 19.2 Å². The molecule has 0 aliphatic heterocycles. The van der Waals surface area contributed by atoms with Gasteiger partial charge in [0.25, 0.3) is 11.6 Å². The molecule has 0 radical (unpaired) electrons. The van der Waals surface area contributed by atoms with Gasteiger partial charge in [-0.15, -0.1) is 0 Å². The second-order valence-corrected chi connectivity index (χ2v) is 4.75. The molecule has 0 unspecified atom stereocenters. The van der Waals surface area contributed by atoms with Gasteiger partial charge in [-0.25, -0.2) is 9.59 Å². The number of rotatable bonds is 9. The number of hydrogen-bond donors (Lipinski definition) is 2. The molecule has 0 saturated carbocycles. The second kappa shape index (κ2) is 10.6. The fraction of sp³-hybridized carbons (Fsp3) is 0.400. The lowest BCUT2D eigenvalue weighted by Gasteiger charge is -2.11. The molecule has 1 aromatic carbocycles. The summed E-state index contributed by atoms with van der Waals surface area (Å²) in [7, 11) is 1.49. The van der Waals surface area contributed by atoms with Gasteiger partial charge < -0.3 is 19.5 Å². The number of benzene rings is 1. The Morgan fingerprint density at radius 3 is 2.58 bits per heavy atom. The third kappa shape index (κ3) is 6.73. The van der Waals surface area contributed by atoms with Crippen LogP contribution in [0.1, 0.15) is 17.3 Å². The zero-order chi connectivity index (χ0) is 19.5. The number of alkyl carbamates (subject to hydrolysis) is 1. The molecule has 0 heterocycles. The number of nitrogens with one attached hydrogen (secondary N) is 2. The lowest BCUT2D eigenvalue weighted by Crippen LogP contribution is -2.34. The molecule has 0 bridgehead atoms. The molecule has 2 amide bonds. The fourth-order valence-corrected chi connectivity index (χ4v) is 1.78. The summed E-state index contributed by atoms with van der Waals surface area (Å²) < 4.78 is 14.2. The summed E-state index contributed by atoms with van der Waals surface area (Å²) in [5, 5.41) is 15.6. The van der Waals surface area contributed by atoms with Crippen LogP contribution in [0.4, 0.5) is 16.2 Å². The molecule has 0 saturated heterocycles. The van der Waals surface area contributed by atoms with Crippen LogP contribution in [-0.4, -0.2) is 56.4 Å². The first-order valence-electron chi connectivity index (χ1n) is 7.54. The number of amides is 2. The van der Waals surface area contributed by atoms with Crippen molar-refractivity contribution >= 4 is 29.3 Å². The van der Waals surface area contributed by atoms with Crippen LogP contribution in [0, 0.1) is 10.1 Å². The van der Waals surface area contributed by atoms with Crippen molar-refractivity contribution < 1.29 is 33.5 Å². The highest BCUT2D eigenvalue weighted by Gasteiger charge is 2.19. The minimum absolute atomic E-state index is 0.0725. The highest BCUT2D eigenvalue weighted by atomic mass is 16.6. The van der Waals surface area contributed by atoms with Crippen molar-refractivity contribution in [1.29, 1.82) is 0 Å². The number of hydrogen-bond acceptors (Lipinski definition) is 9. The van der Waals surface area contributed by atoms with Gasteiger partial charge in [-0.1, -0.05) is 0 Å². The smallest absolute Gasteiger partial charge is 0.413 e. The Bertz CT molecular complexity index is 677. The van der Waals surface area contributed by atoms with E-state index < -0.39 is 29.5 Å². The molecule has 142 valence electrons. The van der Waals surface area contributed by atoms with Crippen LogP contribution < -0.4 is 10.6 Å². The van der Waals surface area contributed by atoms with Crippen molar-refractivity contribution in [3.05, 3.63) is 33.9 Å². The number of methoxy groups -OCH3 is 1.